The third-order valence-electron chi connectivity index (χ3n) is 4.60. The summed E-state index contributed by atoms with van der Waals surface area (Å²) in [5.41, 5.74) is 0.765. The van der Waals surface area contributed by atoms with Gasteiger partial charge >= 0.3 is 6.18 Å². The van der Waals surface area contributed by atoms with Gasteiger partial charge in [0.1, 0.15) is 0 Å². The van der Waals surface area contributed by atoms with E-state index in [0.29, 0.717) is 12.2 Å². The van der Waals surface area contributed by atoms with E-state index in [1.54, 1.807) is 6.07 Å². The van der Waals surface area contributed by atoms with Gasteiger partial charge in [0.25, 0.3) is 0 Å². The lowest BCUT2D eigenvalue weighted by Crippen LogP contribution is -2.50. The van der Waals surface area contributed by atoms with Crippen LogP contribution in [0.3, 0.4) is 0 Å². The first kappa shape index (κ1) is 13.6. The lowest BCUT2D eigenvalue weighted by Gasteiger charge is -2.44. The lowest BCUT2D eigenvalue weighted by atomic mass is 9.76. The maximum Gasteiger partial charge on any atom is 0.416 e. The molecule has 0 saturated heterocycles. The summed E-state index contributed by atoms with van der Waals surface area (Å²) < 4.78 is 38.1. The van der Waals surface area contributed by atoms with E-state index in [0.717, 1.165) is 30.5 Å². The summed E-state index contributed by atoms with van der Waals surface area (Å²) in [4.78, 5) is 0. The van der Waals surface area contributed by atoms with Crippen molar-refractivity contribution in [3.8, 4) is 0 Å². The largest absolute Gasteiger partial charge is 0.416 e. The fraction of sp³-hybridized carbons (Fsp3) is 0.600. The summed E-state index contributed by atoms with van der Waals surface area (Å²) in [6, 6.07) is 3.89. The minimum Gasteiger partial charge on any atom is -0.381 e. The van der Waals surface area contributed by atoms with Crippen LogP contribution in [0.5, 0.6) is 0 Å². The fourth-order valence-electron chi connectivity index (χ4n) is 3.19. The van der Waals surface area contributed by atoms with Gasteiger partial charge in [-0.25, -0.2) is 0 Å². The number of rotatable bonds is 0. The van der Waals surface area contributed by atoms with Crippen LogP contribution in [0.2, 0.25) is 0 Å². The predicted octanol–water partition coefficient (Wildman–Crippen LogP) is 4.49. The van der Waals surface area contributed by atoms with Gasteiger partial charge < -0.3 is 10.6 Å². The van der Waals surface area contributed by atoms with Crippen LogP contribution in [0.4, 0.5) is 24.5 Å². The van der Waals surface area contributed by atoms with Crippen molar-refractivity contribution in [2.75, 3.05) is 17.2 Å². The topological polar surface area (TPSA) is 24.1 Å². The molecule has 1 heterocycles. The first-order valence-corrected chi connectivity index (χ1v) is 7.11. The zero-order chi connectivity index (χ0) is 14.4. The van der Waals surface area contributed by atoms with E-state index in [-0.39, 0.29) is 5.54 Å². The van der Waals surface area contributed by atoms with Crippen molar-refractivity contribution in [2.45, 2.75) is 44.3 Å². The molecule has 1 aromatic rings. The fourth-order valence-corrected chi connectivity index (χ4v) is 3.19. The van der Waals surface area contributed by atoms with Crippen molar-refractivity contribution in [2.24, 2.45) is 5.92 Å². The zero-order valence-corrected chi connectivity index (χ0v) is 11.5. The van der Waals surface area contributed by atoms with E-state index in [1.807, 2.05) is 0 Å². The summed E-state index contributed by atoms with van der Waals surface area (Å²) in [6.45, 7) is 2.96. The molecule has 2 aliphatic rings. The molecule has 110 valence electrons. The Morgan fingerprint density at radius 1 is 1.15 bits per heavy atom. The molecule has 20 heavy (non-hydrogen) atoms. The highest BCUT2D eigenvalue weighted by Crippen LogP contribution is 2.41. The molecule has 0 radical (unpaired) electrons. The van der Waals surface area contributed by atoms with E-state index >= 15 is 0 Å². The Kier molecular flexibility index (Phi) is 3.10. The molecule has 1 saturated carbocycles. The Labute approximate surface area is 116 Å². The van der Waals surface area contributed by atoms with Crippen LogP contribution in [0.25, 0.3) is 0 Å². The molecule has 5 heteroatoms. The number of halogens is 3. The van der Waals surface area contributed by atoms with Gasteiger partial charge in [0.05, 0.1) is 22.5 Å². The van der Waals surface area contributed by atoms with E-state index in [1.165, 1.54) is 18.9 Å². The Bertz CT molecular complexity index is 502. The maximum absolute atomic E-state index is 12.7. The van der Waals surface area contributed by atoms with Crippen LogP contribution in [-0.2, 0) is 6.18 Å². The molecule has 0 unspecified atom stereocenters. The Morgan fingerprint density at radius 3 is 2.50 bits per heavy atom. The van der Waals surface area contributed by atoms with Crippen molar-refractivity contribution < 1.29 is 13.2 Å². The summed E-state index contributed by atoms with van der Waals surface area (Å²) in [7, 11) is 0. The Hall–Kier alpha value is -1.39. The molecule has 2 N–H and O–H groups in total. The van der Waals surface area contributed by atoms with Gasteiger partial charge in [-0.2, -0.15) is 13.2 Å². The molecule has 3 rings (SSSR count). The highest BCUT2D eigenvalue weighted by atomic mass is 19.4. The molecule has 1 fully saturated rings. The summed E-state index contributed by atoms with van der Waals surface area (Å²) in [6.07, 6.45) is 0.199. The second-order valence-corrected chi connectivity index (χ2v) is 6.20. The average molecular weight is 284 g/mol. The first-order chi connectivity index (χ1) is 9.38. The minimum absolute atomic E-state index is 0.0132. The van der Waals surface area contributed by atoms with Gasteiger partial charge in [-0.3, -0.25) is 0 Å². The number of anilines is 2. The van der Waals surface area contributed by atoms with Crippen molar-refractivity contribution in [3.63, 3.8) is 0 Å². The summed E-state index contributed by atoms with van der Waals surface area (Å²) >= 11 is 0. The van der Waals surface area contributed by atoms with Crippen LogP contribution >= 0.6 is 0 Å². The van der Waals surface area contributed by atoms with Crippen LogP contribution in [-0.4, -0.2) is 12.1 Å². The van der Waals surface area contributed by atoms with Crippen LogP contribution in [0.1, 0.15) is 38.2 Å². The van der Waals surface area contributed by atoms with E-state index in [2.05, 4.69) is 17.6 Å². The van der Waals surface area contributed by atoms with E-state index < -0.39 is 11.7 Å². The highest BCUT2D eigenvalue weighted by molar-refractivity contribution is 5.73. The summed E-state index contributed by atoms with van der Waals surface area (Å²) in [5.74, 6) is 0.747. The average Bonchev–Trinajstić information content (AvgIpc) is 2.41. The minimum atomic E-state index is -4.29. The second-order valence-electron chi connectivity index (χ2n) is 6.20. The van der Waals surface area contributed by atoms with Gasteiger partial charge in [-0.1, -0.05) is 6.92 Å². The Balaban J connectivity index is 1.82. The van der Waals surface area contributed by atoms with Crippen molar-refractivity contribution in [1.29, 1.82) is 0 Å². The smallest absolute Gasteiger partial charge is 0.381 e. The molecule has 2 nitrogen and oxygen atoms in total. The third-order valence-corrected chi connectivity index (χ3v) is 4.60. The SMILES string of the molecule is CC1CCC2(CC1)CNc1cc(C(F)(F)F)ccc1N2. The number of hydrogen-bond donors (Lipinski definition) is 2. The number of alkyl halides is 3. The molecule has 1 spiro atoms. The standard InChI is InChI=1S/C15H19F3N2/c1-10-4-6-14(7-5-10)9-19-13-8-11(15(16,17)18)2-3-12(13)20-14/h2-3,8,10,19-20H,4-7,9H2,1H3. The number of hydrogen-bond acceptors (Lipinski definition) is 2. The number of nitrogens with one attached hydrogen (secondary N) is 2. The molecule has 1 aromatic carbocycles. The van der Waals surface area contributed by atoms with Crippen molar-refractivity contribution >= 4 is 11.4 Å². The molecule has 1 aliphatic carbocycles. The number of fused-ring (bicyclic) bond motifs is 1. The lowest BCUT2D eigenvalue weighted by molar-refractivity contribution is -0.137. The van der Waals surface area contributed by atoms with Crippen LogP contribution in [0, 0.1) is 5.92 Å². The van der Waals surface area contributed by atoms with Crippen molar-refractivity contribution in [3.05, 3.63) is 23.8 Å². The highest BCUT2D eigenvalue weighted by Gasteiger charge is 2.38. The summed E-state index contributed by atoms with van der Waals surface area (Å²) in [5, 5.41) is 6.67. The maximum atomic E-state index is 12.7. The molecule has 1 aliphatic heterocycles. The molecule has 0 amide bonds. The molecule has 0 bridgehead atoms. The third kappa shape index (κ3) is 2.45. The van der Waals surface area contributed by atoms with Crippen LogP contribution < -0.4 is 10.6 Å². The second kappa shape index (κ2) is 4.57. The molecular formula is C15H19F3N2. The molecular weight excluding hydrogens is 265 g/mol. The Morgan fingerprint density at radius 2 is 1.85 bits per heavy atom. The van der Waals surface area contributed by atoms with Gasteiger partial charge in [-0.05, 0) is 49.8 Å². The van der Waals surface area contributed by atoms with E-state index in [4.69, 9.17) is 0 Å². The monoisotopic (exact) mass is 284 g/mol. The quantitative estimate of drug-likeness (QED) is 0.733. The zero-order valence-electron chi connectivity index (χ0n) is 11.5. The molecule has 0 atom stereocenters. The van der Waals surface area contributed by atoms with E-state index in [9.17, 15) is 13.2 Å². The van der Waals surface area contributed by atoms with Gasteiger partial charge in [0.2, 0.25) is 0 Å². The normalized spacial score (nSPS) is 29.5. The first-order valence-electron chi connectivity index (χ1n) is 7.11. The van der Waals surface area contributed by atoms with Crippen LogP contribution in [0.15, 0.2) is 18.2 Å². The predicted molar refractivity (Wildman–Crippen MR) is 73.9 cm³/mol. The van der Waals surface area contributed by atoms with Gasteiger partial charge in [0.15, 0.2) is 0 Å². The van der Waals surface area contributed by atoms with Gasteiger partial charge in [0, 0.05) is 6.54 Å². The van der Waals surface area contributed by atoms with Gasteiger partial charge in [-0.15, -0.1) is 0 Å². The number of benzene rings is 1. The van der Waals surface area contributed by atoms with Crippen molar-refractivity contribution in [1.82, 2.24) is 0 Å². The molecule has 0 aromatic heterocycles.